The minimum absolute atomic E-state index is 0.0617. The van der Waals surface area contributed by atoms with E-state index in [2.05, 4.69) is 14.7 Å². The summed E-state index contributed by atoms with van der Waals surface area (Å²) in [5, 5.41) is 4.76. The lowest BCUT2D eigenvalue weighted by molar-refractivity contribution is -0.174. The Bertz CT molecular complexity index is 1060. The van der Waals surface area contributed by atoms with Crippen molar-refractivity contribution in [1.29, 1.82) is 0 Å². The van der Waals surface area contributed by atoms with Crippen LogP contribution in [-0.2, 0) is 0 Å². The van der Waals surface area contributed by atoms with Gasteiger partial charge in [0.15, 0.2) is 0 Å². The van der Waals surface area contributed by atoms with Gasteiger partial charge in [0.1, 0.15) is 11.4 Å². The van der Waals surface area contributed by atoms with Gasteiger partial charge in [-0.2, -0.15) is 17.5 Å². The van der Waals surface area contributed by atoms with Crippen LogP contribution < -0.4 is 5.32 Å². The third-order valence-corrected chi connectivity index (χ3v) is 5.58. The molecule has 10 heteroatoms. The second-order valence-electron chi connectivity index (χ2n) is 7.10. The maximum Gasteiger partial charge on any atom is 0.395 e. The smallest absolute Gasteiger partial charge is 0.351 e. The molecule has 0 radical (unpaired) electrons. The molecular formula is C19H17F3N4O2S. The predicted octanol–water partition coefficient (Wildman–Crippen LogP) is 3.37. The maximum atomic E-state index is 13.5. The number of fused-ring (bicyclic) bond motifs is 1. The van der Waals surface area contributed by atoms with Crippen LogP contribution in [0.1, 0.15) is 26.5 Å². The van der Waals surface area contributed by atoms with Crippen molar-refractivity contribution in [1.82, 2.24) is 19.6 Å². The first-order valence-electron chi connectivity index (χ1n) is 8.89. The molecule has 6 nitrogen and oxygen atoms in total. The van der Waals surface area contributed by atoms with Crippen molar-refractivity contribution >= 4 is 34.2 Å². The number of benzene rings is 1. The topological polar surface area (TPSA) is 78.1 Å². The zero-order valence-electron chi connectivity index (χ0n) is 15.3. The molecule has 0 bridgehead atoms. The highest BCUT2D eigenvalue weighted by molar-refractivity contribution is 7.03. The van der Waals surface area contributed by atoms with Crippen LogP contribution in [0.2, 0.25) is 0 Å². The van der Waals surface area contributed by atoms with Crippen LogP contribution in [-0.4, -0.2) is 51.4 Å². The zero-order valence-corrected chi connectivity index (χ0v) is 16.1. The standard InChI is InChI=1S/C19H17F3N4O2S/c1-10-2-3-11-7-15(23-14(11)6-10)18(28)26-8-12(19(20,21)22)16(9-26)24-17(27)13-4-5-29-25-13/h2-7,12,16,23H,8-9H2,1H3,(H,24,27)/t12-,16-/m1/s1. The molecule has 2 atom stereocenters. The van der Waals surface area contributed by atoms with Gasteiger partial charge in [-0.15, -0.1) is 0 Å². The maximum absolute atomic E-state index is 13.5. The zero-order chi connectivity index (χ0) is 20.8. The van der Waals surface area contributed by atoms with Crippen molar-refractivity contribution in [2.75, 3.05) is 13.1 Å². The molecule has 0 saturated carbocycles. The SMILES string of the molecule is Cc1ccc2cc(C(=O)N3C[C@@H](C(F)(F)F)[C@H](NC(=O)c4ccsn4)C3)[nH]c2c1. The number of halogens is 3. The number of nitrogens with one attached hydrogen (secondary N) is 2. The first kappa shape index (κ1) is 19.4. The summed E-state index contributed by atoms with van der Waals surface area (Å²) in [6.45, 7) is 1.16. The molecule has 1 aliphatic heterocycles. The van der Waals surface area contributed by atoms with Gasteiger partial charge in [-0.3, -0.25) is 9.59 Å². The van der Waals surface area contributed by atoms with E-state index in [0.717, 1.165) is 32.9 Å². The number of nitrogens with zero attached hydrogens (tertiary/aromatic N) is 2. The highest BCUT2D eigenvalue weighted by Crippen LogP contribution is 2.34. The van der Waals surface area contributed by atoms with Gasteiger partial charge in [0.05, 0.1) is 12.0 Å². The molecule has 2 aromatic heterocycles. The average Bonchev–Trinajstić information content (AvgIpc) is 3.39. The van der Waals surface area contributed by atoms with E-state index in [-0.39, 0.29) is 17.9 Å². The number of aromatic amines is 1. The monoisotopic (exact) mass is 422 g/mol. The minimum Gasteiger partial charge on any atom is -0.351 e. The van der Waals surface area contributed by atoms with Crippen molar-refractivity contribution in [3.8, 4) is 0 Å². The van der Waals surface area contributed by atoms with Gasteiger partial charge >= 0.3 is 6.18 Å². The number of carbonyl (C=O) groups excluding carboxylic acids is 2. The van der Waals surface area contributed by atoms with Gasteiger partial charge in [0.2, 0.25) is 0 Å². The number of H-pyrrole nitrogens is 1. The fraction of sp³-hybridized carbons (Fsp3) is 0.316. The number of hydrogen-bond acceptors (Lipinski definition) is 4. The van der Waals surface area contributed by atoms with Crippen molar-refractivity contribution in [2.24, 2.45) is 5.92 Å². The largest absolute Gasteiger partial charge is 0.395 e. The molecule has 1 aromatic carbocycles. The number of hydrogen-bond donors (Lipinski definition) is 2. The van der Waals surface area contributed by atoms with Crippen molar-refractivity contribution in [3.63, 3.8) is 0 Å². The van der Waals surface area contributed by atoms with E-state index in [1.165, 1.54) is 6.07 Å². The molecule has 3 aromatic rings. The Morgan fingerprint density at radius 2 is 2.03 bits per heavy atom. The van der Waals surface area contributed by atoms with Gasteiger partial charge in [0, 0.05) is 29.4 Å². The molecule has 4 rings (SSSR count). The molecule has 0 spiro atoms. The third kappa shape index (κ3) is 3.84. The lowest BCUT2D eigenvalue weighted by atomic mass is 10.0. The van der Waals surface area contributed by atoms with Crippen LogP contribution in [0.4, 0.5) is 13.2 Å². The first-order chi connectivity index (χ1) is 13.7. The van der Waals surface area contributed by atoms with E-state index in [1.807, 2.05) is 25.1 Å². The number of likely N-dealkylation sites (tertiary alicyclic amines) is 1. The summed E-state index contributed by atoms with van der Waals surface area (Å²) in [6, 6.07) is 7.43. The molecule has 29 heavy (non-hydrogen) atoms. The van der Waals surface area contributed by atoms with E-state index in [4.69, 9.17) is 0 Å². The second-order valence-corrected chi connectivity index (χ2v) is 7.76. The Morgan fingerprint density at radius 3 is 2.72 bits per heavy atom. The number of aryl methyl sites for hydroxylation is 1. The molecule has 0 aliphatic carbocycles. The van der Waals surface area contributed by atoms with Gasteiger partial charge in [-0.05, 0) is 42.2 Å². The second kappa shape index (κ2) is 7.18. The fourth-order valence-electron chi connectivity index (χ4n) is 3.55. The number of rotatable bonds is 3. The predicted molar refractivity (Wildman–Crippen MR) is 102 cm³/mol. The number of aromatic nitrogens is 2. The van der Waals surface area contributed by atoms with Crippen LogP contribution in [0.25, 0.3) is 10.9 Å². The highest BCUT2D eigenvalue weighted by Gasteiger charge is 2.51. The molecule has 1 fully saturated rings. The van der Waals surface area contributed by atoms with E-state index < -0.39 is 36.5 Å². The van der Waals surface area contributed by atoms with Gasteiger partial charge < -0.3 is 15.2 Å². The van der Waals surface area contributed by atoms with E-state index in [0.29, 0.717) is 0 Å². The van der Waals surface area contributed by atoms with Crippen LogP contribution in [0.15, 0.2) is 35.7 Å². The van der Waals surface area contributed by atoms with Crippen molar-refractivity contribution in [2.45, 2.75) is 19.1 Å². The summed E-state index contributed by atoms with van der Waals surface area (Å²) in [5.74, 6) is -3.06. The Kier molecular flexibility index (Phi) is 4.81. The van der Waals surface area contributed by atoms with Crippen LogP contribution in [0.5, 0.6) is 0 Å². The quantitative estimate of drug-likeness (QED) is 0.680. The van der Waals surface area contributed by atoms with Crippen molar-refractivity contribution in [3.05, 3.63) is 52.7 Å². The van der Waals surface area contributed by atoms with Gasteiger partial charge in [-0.25, -0.2) is 0 Å². The average molecular weight is 422 g/mol. The summed E-state index contributed by atoms with van der Waals surface area (Å²) in [4.78, 5) is 29.1. The summed E-state index contributed by atoms with van der Waals surface area (Å²) in [5.41, 5.74) is 2.03. The number of amides is 2. The molecular weight excluding hydrogens is 405 g/mol. The molecule has 3 heterocycles. The molecule has 2 N–H and O–H groups in total. The Morgan fingerprint density at radius 1 is 1.24 bits per heavy atom. The van der Waals surface area contributed by atoms with E-state index >= 15 is 0 Å². The van der Waals surface area contributed by atoms with Gasteiger partial charge in [0.25, 0.3) is 11.8 Å². The number of carbonyl (C=O) groups is 2. The summed E-state index contributed by atoms with van der Waals surface area (Å²) in [6.07, 6.45) is -4.55. The summed E-state index contributed by atoms with van der Waals surface area (Å²) < 4.78 is 44.5. The van der Waals surface area contributed by atoms with E-state index in [9.17, 15) is 22.8 Å². The highest BCUT2D eigenvalue weighted by atomic mass is 32.1. The molecule has 1 aliphatic rings. The normalized spacial score (nSPS) is 19.7. The first-order valence-corrected chi connectivity index (χ1v) is 9.72. The van der Waals surface area contributed by atoms with E-state index in [1.54, 1.807) is 11.4 Å². The Labute approximate surface area is 167 Å². The Hall–Kier alpha value is -2.88. The summed E-state index contributed by atoms with van der Waals surface area (Å²) >= 11 is 1.04. The van der Waals surface area contributed by atoms with Crippen LogP contribution in [0, 0.1) is 12.8 Å². The fourth-order valence-corrected chi connectivity index (χ4v) is 4.05. The minimum atomic E-state index is -4.55. The summed E-state index contributed by atoms with van der Waals surface area (Å²) in [7, 11) is 0. The lowest BCUT2D eigenvalue weighted by Gasteiger charge is -2.21. The molecule has 1 saturated heterocycles. The van der Waals surface area contributed by atoms with Gasteiger partial charge in [-0.1, -0.05) is 12.1 Å². The van der Waals surface area contributed by atoms with Crippen molar-refractivity contribution < 1.29 is 22.8 Å². The van der Waals surface area contributed by atoms with Crippen LogP contribution in [0.3, 0.4) is 0 Å². The molecule has 2 amide bonds. The molecule has 0 unspecified atom stereocenters. The Balaban J connectivity index is 1.55. The molecule has 152 valence electrons. The number of alkyl halides is 3. The van der Waals surface area contributed by atoms with Crippen LogP contribution >= 0.6 is 11.5 Å². The lowest BCUT2D eigenvalue weighted by Crippen LogP contribution is -2.45. The third-order valence-electron chi connectivity index (χ3n) is 5.02.